The Hall–Kier alpha value is -1.62. The molecule has 0 spiro atoms. The van der Waals surface area contributed by atoms with Crippen LogP contribution in [0.3, 0.4) is 0 Å². The van der Waals surface area contributed by atoms with E-state index in [1.54, 1.807) is 0 Å². The van der Waals surface area contributed by atoms with Gasteiger partial charge in [-0.3, -0.25) is 9.88 Å². The van der Waals surface area contributed by atoms with E-state index in [-0.39, 0.29) is 5.56 Å². The highest BCUT2D eigenvalue weighted by molar-refractivity contribution is 5.96. The van der Waals surface area contributed by atoms with E-state index >= 15 is 0 Å². The zero-order chi connectivity index (χ0) is 13.6. The molecule has 1 aromatic rings. The van der Waals surface area contributed by atoms with Gasteiger partial charge >= 0.3 is 5.97 Å². The summed E-state index contributed by atoms with van der Waals surface area (Å²) in [5, 5.41) is 9.46. The Morgan fingerprint density at radius 3 is 2.68 bits per heavy atom. The summed E-state index contributed by atoms with van der Waals surface area (Å²) in [6.45, 7) is 1.34. The number of carboxylic acids is 1. The van der Waals surface area contributed by atoms with Crippen molar-refractivity contribution in [3.05, 3.63) is 22.5 Å². The molecule has 1 saturated carbocycles. The van der Waals surface area contributed by atoms with E-state index in [0.29, 0.717) is 18.2 Å². The lowest BCUT2D eigenvalue weighted by Gasteiger charge is -2.16. The van der Waals surface area contributed by atoms with Gasteiger partial charge in [0.05, 0.1) is 22.6 Å². The third-order valence-corrected chi connectivity index (χ3v) is 4.25. The number of hydrogen-bond acceptors (Lipinski definition) is 4. The summed E-state index contributed by atoms with van der Waals surface area (Å²) in [6, 6.07) is 0. The molecule has 19 heavy (non-hydrogen) atoms. The number of carboxylic acid groups (broad SMARTS) is 1. The highest BCUT2D eigenvalue weighted by Crippen LogP contribution is 2.39. The first-order valence-electron chi connectivity index (χ1n) is 6.81. The number of rotatable bonds is 2. The van der Waals surface area contributed by atoms with Gasteiger partial charge in [-0.2, -0.15) is 0 Å². The number of hydrogen-bond donors (Lipinski definition) is 2. The fraction of sp³-hybridized carbons (Fsp3) is 0.571. The van der Waals surface area contributed by atoms with Crippen molar-refractivity contribution in [3.8, 4) is 0 Å². The molecule has 2 heterocycles. The second-order valence-electron chi connectivity index (χ2n) is 5.67. The van der Waals surface area contributed by atoms with Crippen LogP contribution in [0.4, 0.5) is 5.69 Å². The number of nitrogens with zero attached hydrogens (tertiary/aromatic N) is 2. The van der Waals surface area contributed by atoms with Crippen LogP contribution >= 0.6 is 0 Å². The molecule has 0 aromatic carbocycles. The van der Waals surface area contributed by atoms with Crippen LogP contribution in [0.1, 0.15) is 58.9 Å². The van der Waals surface area contributed by atoms with Gasteiger partial charge < -0.3 is 10.8 Å². The highest BCUT2D eigenvalue weighted by atomic mass is 16.4. The van der Waals surface area contributed by atoms with Crippen molar-refractivity contribution in [3.63, 3.8) is 0 Å². The molecule has 0 bridgehead atoms. The van der Waals surface area contributed by atoms with Crippen LogP contribution in [0.15, 0.2) is 0 Å². The van der Waals surface area contributed by atoms with E-state index in [1.165, 1.54) is 12.8 Å². The number of nitrogens with two attached hydrogens (primary N) is 1. The summed E-state index contributed by atoms with van der Waals surface area (Å²) in [7, 11) is 1.97. The second-order valence-corrected chi connectivity index (χ2v) is 5.67. The maximum absolute atomic E-state index is 11.5. The lowest BCUT2D eigenvalue weighted by Crippen LogP contribution is -2.14. The Morgan fingerprint density at radius 2 is 2.05 bits per heavy atom. The average molecular weight is 261 g/mol. The maximum Gasteiger partial charge on any atom is 0.338 e. The van der Waals surface area contributed by atoms with Gasteiger partial charge in [0.2, 0.25) is 0 Å². The lowest BCUT2D eigenvalue weighted by atomic mass is 9.96. The van der Waals surface area contributed by atoms with Gasteiger partial charge in [-0.15, -0.1) is 0 Å². The van der Waals surface area contributed by atoms with Crippen LogP contribution in [0.2, 0.25) is 0 Å². The first-order chi connectivity index (χ1) is 9.08. The van der Waals surface area contributed by atoms with Crippen molar-refractivity contribution in [2.24, 2.45) is 0 Å². The standard InChI is InChI=1S/C14H19N3O2/c1-17-6-9-10(7-17)16-13(8-4-2-3-5-8)12(15)11(9)14(18)19/h8H,2-7,15H2,1H3,(H,18,19). The highest BCUT2D eigenvalue weighted by Gasteiger charge is 2.31. The molecule has 3 N–H and O–H groups in total. The van der Waals surface area contributed by atoms with Crippen molar-refractivity contribution >= 4 is 11.7 Å². The minimum atomic E-state index is -0.925. The largest absolute Gasteiger partial charge is 0.478 e. The fourth-order valence-electron chi connectivity index (χ4n) is 3.35. The van der Waals surface area contributed by atoms with E-state index in [4.69, 9.17) is 10.7 Å². The predicted molar refractivity (Wildman–Crippen MR) is 72.0 cm³/mol. The number of carbonyl (C=O) groups is 1. The second kappa shape index (κ2) is 4.49. The molecule has 0 atom stereocenters. The molecule has 0 saturated heterocycles. The Morgan fingerprint density at radius 1 is 1.37 bits per heavy atom. The monoisotopic (exact) mass is 261 g/mol. The quantitative estimate of drug-likeness (QED) is 0.850. The van der Waals surface area contributed by atoms with Gasteiger partial charge in [0.15, 0.2) is 0 Å². The van der Waals surface area contributed by atoms with Gasteiger partial charge in [0.25, 0.3) is 0 Å². The van der Waals surface area contributed by atoms with E-state index in [0.717, 1.165) is 36.3 Å². The summed E-state index contributed by atoms with van der Waals surface area (Å²) < 4.78 is 0. The van der Waals surface area contributed by atoms with E-state index in [1.807, 2.05) is 7.05 Å². The molecule has 0 radical (unpaired) electrons. The third kappa shape index (κ3) is 1.98. The van der Waals surface area contributed by atoms with Crippen LogP contribution < -0.4 is 5.73 Å². The van der Waals surface area contributed by atoms with Crippen LogP contribution in [0.5, 0.6) is 0 Å². The van der Waals surface area contributed by atoms with Gasteiger partial charge in [-0.1, -0.05) is 12.8 Å². The van der Waals surface area contributed by atoms with Crippen LogP contribution in [-0.2, 0) is 13.1 Å². The van der Waals surface area contributed by atoms with Gasteiger partial charge in [-0.05, 0) is 19.9 Å². The summed E-state index contributed by atoms with van der Waals surface area (Å²) in [6.07, 6.45) is 4.52. The minimum Gasteiger partial charge on any atom is -0.478 e. The normalized spacial score (nSPS) is 19.8. The number of aromatic carboxylic acids is 1. The zero-order valence-corrected chi connectivity index (χ0v) is 11.1. The van der Waals surface area contributed by atoms with Crippen molar-refractivity contribution in [1.29, 1.82) is 0 Å². The van der Waals surface area contributed by atoms with Gasteiger partial charge in [0.1, 0.15) is 0 Å². The van der Waals surface area contributed by atoms with Crippen molar-refractivity contribution in [2.75, 3.05) is 12.8 Å². The Labute approximate surface area is 112 Å². The molecule has 2 aliphatic rings. The summed E-state index contributed by atoms with van der Waals surface area (Å²) in [5.41, 5.74) is 9.33. The topological polar surface area (TPSA) is 79.5 Å². The number of nitrogen functional groups attached to an aromatic ring is 1. The van der Waals surface area contributed by atoms with Crippen LogP contribution in [-0.4, -0.2) is 28.0 Å². The Balaban J connectivity index is 2.14. The van der Waals surface area contributed by atoms with E-state index in [2.05, 4.69) is 4.90 Å². The molecular formula is C14H19N3O2. The SMILES string of the molecule is CN1Cc2nc(C3CCCC3)c(N)c(C(=O)O)c2C1. The smallest absolute Gasteiger partial charge is 0.338 e. The Kier molecular flexibility index (Phi) is 2.93. The lowest BCUT2D eigenvalue weighted by molar-refractivity contribution is 0.0696. The molecule has 102 valence electrons. The van der Waals surface area contributed by atoms with Gasteiger partial charge in [-0.25, -0.2) is 4.79 Å². The maximum atomic E-state index is 11.5. The summed E-state index contributed by atoms with van der Waals surface area (Å²) >= 11 is 0. The molecule has 1 fully saturated rings. The van der Waals surface area contributed by atoms with E-state index < -0.39 is 5.97 Å². The zero-order valence-electron chi connectivity index (χ0n) is 11.1. The average Bonchev–Trinajstić information content (AvgIpc) is 2.95. The molecule has 1 aromatic heterocycles. The Bertz CT molecular complexity index is 536. The molecule has 1 aliphatic heterocycles. The molecule has 0 unspecified atom stereocenters. The number of aromatic nitrogens is 1. The molecule has 5 nitrogen and oxygen atoms in total. The molecule has 1 aliphatic carbocycles. The molecule has 0 amide bonds. The first kappa shape index (κ1) is 12.4. The van der Waals surface area contributed by atoms with Gasteiger partial charge in [0, 0.05) is 24.6 Å². The van der Waals surface area contributed by atoms with Crippen LogP contribution in [0, 0.1) is 0 Å². The fourth-order valence-corrected chi connectivity index (χ4v) is 3.35. The van der Waals surface area contributed by atoms with Crippen molar-refractivity contribution in [2.45, 2.75) is 44.7 Å². The predicted octanol–water partition coefficient (Wildman–Crippen LogP) is 1.97. The van der Waals surface area contributed by atoms with Crippen molar-refractivity contribution in [1.82, 2.24) is 9.88 Å². The number of anilines is 1. The van der Waals surface area contributed by atoms with Crippen molar-refractivity contribution < 1.29 is 9.90 Å². The minimum absolute atomic E-state index is 0.288. The number of fused-ring (bicyclic) bond motifs is 1. The number of pyridine rings is 1. The summed E-state index contributed by atoms with van der Waals surface area (Å²) in [4.78, 5) is 18.3. The van der Waals surface area contributed by atoms with Crippen LogP contribution in [0.25, 0.3) is 0 Å². The summed E-state index contributed by atoms with van der Waals surface area (Å²) in [5.74, 6) is -0.583. The van der Waals surface area contributed by atoms with E-state index in [9.17, 15) is 9.90 Å². The third-order valence-electron chi connectivity index (χ3n) is 4.25. The molecular weight excluding hydrogens is 242 g/mol. The molecule has 5 heteroatoms. The first-order valence-corrected chi connectivity index (χ1v) is 6.81. The molecule has 3 rings (SSSR count).